The molecule has 2 amide bonds. The second-order valence-corrected chi connectivity index (χ2v) is 7.66. The molecule has 0 aliphatic carbocycles. The van der Waals surface area contributed by atoms with Gasteiger partial charge in [-0.05, 0) is 55.0 Å². The second-order valence-electron chi connectivity index (χ2n) is 7.66. The Morgan fingerprint density at radius 1 is 1.06 bits per heavy atom. The summed E-state index contributed by atoms with van der Waals surface area (Å²) < 4.78 is 25.1. The number of benzene rings is 3. The van der Waals surface area contributed by atoms with Crippen LogP contribution in [0.5, 0.6) is 5.75 Å². The SMILES string of the molecule is CO[C@H](/C=C/C(=O)Nc1ccccc1N)[C@H](OC(=O)Nc1ccc(C)cc1)c1ccc(O)c(F)c1. The Morgan fingerprint density at radius 2 is 1.77 bits per heavy atom. The standard InChI is InChI=1S/C26H26FN3O5/c1-16-7-10-18(11-8-16)29-26(33)35-25(17-9-12-22(31)19(27)15-17)23(34-2)13-14-24(32)30-21-6-4-3-5-20(21)28/h3-15,23,25,31H,28H2,1-2H3,(H,29,33)(H,30,32)/b14-13+/t23-,25-/m1/s1. The van der Waals surface area contributed by atoms with E-state index in [4.69, 9.17) is 15.2 Å². The van der Waals surface area contributed by atoms with E-state index >= 15 is 0 Å². The fraction of sp³-hybridized carbons (Fsp3) is 0.154. The van der Waals surface area contributed by atoms with Crippen LogP contribution in [0.3, 0.4) is 0 Å². The normalized spacial score (nSPS) is 12.7. The van der Waals surface area contributed by atoms with Crippen molar-refractivity contribution < 1.29 is 28.6 Å². The van der Waals surface area contributed by atoms with Gasteiger partial charge in [-0.3, -0.25) is 10.1 Å². The smallest absolute Gasteiger partial charge is 0.412 e. The zero-order valence-corrected chi connectivity index (χ0v) is 19.2. The highest BCUT2D eigenvalue weighted by molar-refractivity contribution is 6.01. The number of aromatic hydroxyl groups is 1. The van der Waals surface area contributed by atoms with E-state index < -0.39 is 35.8 Å². The number of ether oxygens (including phenoxy) is 2. The molecule has 2 atom stereocenters. The number of rotatable bonds is 8. The van der Waals surface area contributed by atoms with Gasteiger partial charge in [-0.1, -0.05) is 35.9 Å². The van der Waals surface area contributed by atoms with Gasteiger partial charge in [-0.15, -0.1) is 0 Å². The number of hydrogen-bond acceptors (Lipinski definition) is 6. The predicted octanol–water partition coefficient (Wildman–Crippen LogP) is 4.92. The highest BCUT2D eigenvalue weighted by Gasteiger charge is 2.27. The number of carbonyl (C=O) groups is 2. The summed E-state index contributed by atoms with van der Waals surface area (Å²) in [4.78, 5) is 25.0. The molecule has 0 radical (unpaired) electrons. The maximum atomic E-state index is 14.1. The van der Waals surface area contributed by atoms with Gasteiger partial charge in [-0.25, -0.2) is 9.18 Å². The number of nitrogens with one attached hydrogen (secondary N) is 2. The van der Waals surface area contributed by atoms with Gasteiger partial charge in [0.2, 0.25) is 5.91 Å². The van der Waals surface area contributed by atoms with Crippen LogP contribution in [0.2, 0.25) is 0 Å². The van der Waals surface area contributed by atoms with Gasteiger partial charge in [0.15, 0.2) is 17.7 Å². The van der Waals surface area contributed by atoms with Crippen molar-refractivity contribution in [3.05, 3.63) is 95.8 Å². The van der Waals surface area contributed by atoms with Crippen molar-refractivity contribution in [3.63, 3.8) is 0 Å². The van der Waals surface area contributed by atoms with Gasteiger partial charge in [0.05, 0.1) is 11.4 Å². The molecule has 0 bridgehead atoms. The van der Waals surface area contributed by atoms with Gasteiger partial charge < -0.3 is 25.6 Å². The summed E-state index contributed by atoms with van der Waals surface area (Å²) in [6.45, 7) is 1.91. The van der Waals surface area contributed by atoms with Crippen LogP contribution in [-0.4, -0.2) is 30.3 Å². The summed E-state index contributed by atoms with van der Waals surface area (Å²) in [5.74, 6) is -1.95. The molecule has 0 aliphatic heterocycles. The summed E-state index contributed by atoms with van der Waals surface area (Å²) in [5.41, 5.74) is 8.40. The number of para-hydroxylation sites is 2. The fourth-order valence-corrected chi connectivity index (χ4v) is 3.19. The van der Waals surface area contributed by atoms with Gasteiger partial charge in [0.1, 0.15) is 6.10 Å². The maximum Gasteiger partial charge on any atom is 0.412 e. The van der Waals surface area contributed by atoms with Crippen LogP contribution < -0.4 is 16.4 Å². The molecule has 5 N–H and O–H groups in total. The lowest BCUT2D eigenvalue weighted by atomic mass is 10.0. The Bertz CT molecular complexity index is 1210. The number of aryl methyl sites for hydroxylation is 1. The Morgan fingerprint density at radius 3 is 2.43 bits per heavy atom. The lowest BCUT2D eigenvalue weighted by Gasteiger charge is -2.24. The molecule has 0 saturated heterocycles. The van der Waals surface area contributed by atoms with Crippen molar-refractivity contribution in [1.29, 1.82) is 0 Å². The minimum Gasteiger partial charge on any atom is -0.505 e. The third-order valence-corrected chi connectivity index (χ3v) is 5.06. The Balaban J connectivity index is 1.81. The average molecular weight is 480 g/mol. The number of nitrogens with two attached hydrogens (primary N) is 1. The molecule has 0 aliphatic rings. The average Bonchev–Trinajstić information content (AvgIpc) is 2.83. The fourth-order valence-electron chi connectivity index (χ4n) is 3.19. The molecule has 0 saturated carbocycles. The van der Waals surface area contributed by atoms with Crippen LogP contribution in [0.15, 0.2) is 78.9 Å². The monoisotopic (exact) mass is 479 g/mol. The van der Waals surface area contributed by atoms with E-state index in [1.807, 2.05) is 19.1 Å². The minimum atomic E-state index is -1.15. The van der Waals surface area contributed by atoms with E-state index in [1.54, 1.807) is 36.4 Å². The summed E-state index contributed by atoms with van der Waals surface area (Å²) in [6.07, 6.45) is -0.355. The van der Waals surface area contributed by atoms with Gasteiger partial charge in [0, 0.05) is 18.9 Å². The van der Waals surface area contributed by atoms with E-state index in [0.717, 1.165) is 17.7 Å². The van der Waals surface area contributed by atoms with E-state index in [-0.39, 0.29) is 5.56 Å². The van der Waals surface area contributed by atoms with Crippen LogP contribution in [0, 0.1) is 12.7 Å². The molecule has 3 aromatic carbocycles. The van der Waals surface area contributed by atoms with E-state index in [1.165, 1.54) is 25.3 Å². The largest absolute Gasteiger partial charge is 0.505 e. The van der Waals surface area contributed by atoms with Gasteiger partial charge in [-0.2, -0.15) is 0 Å². The molecule has 3 aromatic rings. The van der Waals surface area contributed by atoms with Crippen LogP contribution in [0.25, 0.3) is 0 Å². The third-order valence-electron chi connectivity index (χ3n) is 5.06. The number of phenolic OH excluding ortho intramolecular Hbond substituents is 1. The van der Waals surface area contributed by atoms with Crippen LogP contribution >= 0.6 is 0 Å². The molecule has 182 valence electrons. The number of halogens is 1. The Labute approximate surface area is 202 Å². The minimum absolute atomic E-state index is 0.212. The quantitative estimate of drug-likeness (QED) is 0.269. The zero-order chi connectivity index (χ0) is 25.4. The molecular weight excluding hydrogens is 453 g/mol. The summed E-state index contributed by atoms with van der Waals surface area (Å²) >= 11 is 0. The number of amides is 2. The number of phenols is 1. The number of methoxy groups -OCH3 is 1. The number of anilines is 3. The first-order valence-electron chi connectivity index (χ1n) is 10.7. The zero-order valence-electron chi connectivity index (χ0n) is 19.2. The van der Waals surface area contributed by atoms with Crippen molar-refractivity contribution >= 4 is 29.1 Å². The summed E-state index contributed by atoms with van der Waals surface area (Å²) in [7, 11) is 1.35. The first kappa shape index (κ1) is 25.3. The Hall–Kier alpha value is -4.37. The summed E-state index contributed by atoms with van der Waals surface area (Å²) in [6, 6.07) is 17.4. The first-order chi connectivity index (χ1) is 16.8. The molecule has 35 heavy (non-hydrogen) atoms. The molecule has 0 aromatic heterocycles. The predicted molar refractivity (Wildman–Crippen MR) is 132 cm³/mol. The second kappa shape index (κ2) is 11.7. The van der Waals surface area contributed by atoms with Crippen molar-refractivity contribution in [3.8, 4) is 5.75 Å². The van der Waals surface area contributed by atoms with Crippen molar-refractivity contribution in [2.75, 3.05) is 23.5 Å². The molecule has 9 heteroatoms. The molecule has 3 rings (SSSR count). The van der Waals surface area contributed by atoms with Gasteiger partial charge in [0.25, 0.3) is 0 Å². The maximum absolute atomic E-state index is 14.1. The lowest BCUT2D eigenvalue weighted by molar-refractivity contribution is -0.112. The van der Waals surface area contributed by atoms with Crippen LogP contribution in [-0.2, 0) is 14.3 Å². The first-order valence-corrected chi connectivity index (χ1v) is 10.7. The highest BCUT2D eigenvalue weighted by Crippen LogP contribution is 2.29. The van der Waals surface area contributed by atoms with Crippen molar-refractivity contribution in [2.45, 2.75) is 19.1 Å². The molecule has 8 nitrogen and oxygen atoms in total. The van der Waals surface area contributed by atoms with Gasteiger partial charge >= 0.3 is 6.09 Å². The van der Waals surface area contributed by atoms with Crippen LogP contribution in [0.1, 0.15) is 17.2 Å². The molecule has 0 fully saturated rings. The van der Waals surface area contributed by atoms with Crippen molar-refractivity contribution in [2.24, 2.45) is 0 Å². The highest BCUT2D eigenvalue weighted by atomic mass is 19.1. The topological polar surface area (TPSA) is 123 Å². The van der Waals surface area contributed by atoms with Crippen LogP contribution in [0.4, 0.5) is 26.2 Å². The molecule has 0 spiro atoms. The number of hydrogen-bond donors (Lipinski definition) is 4. The molecule has 0 heterocycles. The third kappa shape index (κ3) is 7.05. The molecular formula is C26H26FN3O5. The lowest BCUT2D eigenvalue weighted by Crippen LogP contribution is -2.27. The molecule has 0 unspecified atom stereocenters. The van der Waals surface area contributed by atoms with Crippen molar-refractivity contribution in [1.82, 2.24) is 0 Å². The Kier molecular flexibility index (Phi) is 8.42. The van der Waals surface area contributed by atoms with E-state index in [0.29, 0.717) is 17.1 Å². The summed E-state index contributed by atoms with van der Waals surface area (Å²) in [5, 5.41) is 14.8. The number of nitrogen functional groups attached to an aromatic ring is 1. The number of carbonyl (C=O) groups excluding carboxylic acids is 2. The van der Waals surface area contributed by atoms with E-state index in [2.05, 4.69) is 10.6 Å². The van der Waals surface area contributed by atoms with E-state index in [9.17, 15) is 19.1 Å².